The highest BCUT2D eigenvalue weighted by Crippen LogP contribution is 2.01. The zero-order valence-electron chi connectivity index (χ0n) is 6.59. The molecule has 10 heavy (non-hydrogen) atoms. The van der Waals surface area contributed by atoms with E-state index in [0.717, 1.165) is 5.57 Å². The van der Waals surface area contributed by atoms with Crippen LogP contribution in [0.1, 0.15) is 13.8 Å². The van der Waals surface area contributed by atoms with E-state index >= 15 is 0 Å². The standard InChI is InChI=1S/C9H14O/c1-7(2)5-6-8(3)9(4)10/h5-6,9-10H,1,3H2,2,4H3/b6-5-. The summed E-state index contributed by atoms with van der Waals surface area (Å²) in [5.41, 5.74) is 1.67. The van der Waals surface area contributed by atoms with Gasteiger partial charge in [-0.2, -0.15) is 0 Å². The molecule has 0 aromatic heterocycles. The minimum Gasteiger partial charge on any atom is -0.389 e. The molecule has 1 unspecified atom stereocenters. The Morgan fingerprint density at radius 2 is 1.90 bits per heavy atom. The van der Waals surface area contributed by atoms with Crippen LogP contribution in [0.25, 0.3) is 0 Å². The summed E-state index contributed by atoms with van der Waals surface area (Å²) in [6, 6.07) is 0. The van der Waals surface area contributed by atoms with Gasteiger partial charge in [-0.1, -0.05) is 30.9 Å². The van der Waals surface area contributed by atoms with Gasteiger partial charge < -0.3 is 5.11 Å². The molecule has 0 aliphatic rings. The first-order valence-corrected chi connectivity index (χ1v) is 3.24. The number of hydrogen-bond donors (Lipinski definition) is 1. The van der Waals surface area contributed by atoms with Gasteiger partial charge in [-0.15, -0.1) is 0 Å². The van der Waals surface area contributed by atoms with Gasteiger partial charge in [-0.3, -0.25) is 0 Å². The molecule has 0 saturated heterocycles. The van der Waals surface area contributed by atoms with Crippen LogP contribution in [0.4, 0.5) is 0 Å². The van der Waals surface area contributed by atoms with Crippen molar-refractivity contribution in [1.29, 1.82) is 0 Å². The third-order valence-corrected chi connectivity index (χ3v) is 1.12. The lowest BCUT2D eigenvalue weighted by Crippen LogP contribution is -1.99. The van der Waals surface area contributed by atoms with E-state index in [1.54, 1.807) is 13.0 Å². The highest BCUT2D eigenvalue weighted by molar-refractivity contribution is 5.24. The summed E-state index contributed by atoms with van der Waals surface area (Å²) in [6.45, 7) is 10.9. The molecule has 0 bridgehead atoms. The molecule has 0 aromatic carbocycles. The Hall–Kier alpha value is -0.820. The number of aliphatic hydroxyl groups is 1. The van der Waals surface area contributed by atoms with Crippen LogP contribution in [0.2, 0.25) is 0 Å². The third-order valence-electron chi connectivity index (χ3n) is 1.12. The maximum absolute atomic E-state index is 8.95. The summed E-state index contributed by atoms with van der Waals surface area (Å²) in [6.07, 6.45) is 3.14. The Kier molecular flexibility index (Phi) is 3.74. The first-order chi connectivity index (χ1) is 4.54. The maximum Gasteiger partial charge on any atom is 0.0756 e. The fourth-order valence-corrected chi connectivity index (χ4v) is 0.389. The predicted molar refractivity (Wildman–Crippen MR) is 44.8 cm³/mol. The van der Waals surface area contributed by atoms with Crippen molar-refractivity contribution in [2.45, 2.75) is 20.0 Å². The number of allylic oxidation sites excluding steroid dienone is 2. The van der Waals surface area contributed by atoms with Crippen LogP contribution < -0.4 is 0 Å². The van der Waals surface area contributed by atoms with Crippen LogP contribution in [0.15, 0.2) is 36.5 Å². The lowest BCUT2D eigenvalue weighted by Gasteiger charge is -2.00. The summed E-state index contributed by atoms with van der Waals surface area (Å²) < 4.78 is 0. The normalized spacial score (nSPS) is 13.5. The summed E-state index contributed by atoms with van der Waals surface area (Å²) in [4.78, 5) is 0. The molecule has 0 spiro atoms. The number of rotatable bonds is 3. The Bertz CT molecular complexity index is 164. The van der Waals surface area contributed by atoms with Crippen molar-refractivity contribution in [3.8, 4) is 0 Å². The molecule has 1 atom stereocenters. The summed E-state index contributed by atoms with van der Waals surface area (Å²) in [7, 11) is 0. The molecule has 0 amide bonds. The smallest absolute Gasteiger partial charge is 0.0756 e. The van der Waals surface area contributed by atoms with Crippen LogP contribution >= 0.6 is 0 Å². The van der Waals surface area contributed by atoms with E-state index in [1.807, 2.05) is 13.0 Å². The molecule has 0 saturated carbocycles. The summed E-state index contributed by atoms with van der Waals surface area (Å²) in [5.74, 6) is 0. The average molecular weight is 138 g/mol. The van der Waals surface area contributed by atoms with E-state index in [4.69, 9.17) is 5.11 Å². The van der Waals surface area contributed by atoms with Gasteiger partial charge in [0.05, 0.1) is 6.10 Å². The first kappa shape index (κ1) is 9.18. The fraction of sp³-hybridized carbons (Fsp3) is 0.333. The topological polar surface area (TPSA) is 20.2 Å². The third kappa shape index (κ3) is 4.10. The average Bonchev–Trinajstić information content (AvgIpc) is 1.82. The van der Waals surface area contributed by atoms with Gasteiger partial charge in [0.25, 0.3) is 0 Å². The molecule has 0 rings (SSSR count). The predicted octanol–water partition coefficient (Wildman–Crippen LogP) is 2.06. The Balaban J connectivity index is 3.90. The lowest BCUT2D eigenvalue weighted by atomic mass is 10.1. The van der Waals surface area contributed by atoms with Gasteiger partial charge in [0.2, 0.25) is 0 Å². The SMILES string of the molecule is C=C(C)/C=C\C(=C)C(C)O. The molecule has 56 valence electrons. The molecule has 1 heteroatoms. The van der Waals surface area contributed by atoms with E-state index in [-0.39, 0.29) is 0 Å². The Morgan fingerprint density at radius 1 is 1.40 bits per heavy atom. The van der Waals surface area contributed by atoms with Crippen molar-refractivity contribution in [3.63, 3.8) is 0 Å². The largest absolute Gasteiger partial charge is 0.389 e. The zero-order valence-corrected chi connectivity index (χ0v) is 6.59. The second-order valence-electron chi connectivity index (χ2n) is 2.43. The van der Waals surface area contributed by atoms with E-state index in [0.29, 0.717) is 5.57 Å². The van der Waals surface area contributed by atoms with Crippen molar-refractivity contribution in [2.24, 2.45) is 0 Å². The van der Waals surface area contributed by atoms with Gasteiger partial charge in [-0.25, -0.2) is 0 Å². The van der Waals surface area contributed by atoms with E-state index in [1.165, 1.54) is 0 Å². The van der Waals surface area contributed by atoms with E-state index in [2.05, 4.69) is 13.2 Å². The van der Waals surface area contributed by atoms with Crippen molar-refractivity contribution in [2.75, 3.05) is 0 Å². The second kappa shape index (κ2) is 4.07. The highest BCUT2D eigenvalue weighted by Gasteiger charge is 1.94. The van der Waals surface area contributed by atoms with Crippen LogP contribution in [0.5, 0.6) is 0 Å². The quantitative estimate of drug-likeness (QED) is 0.592. The van der Waals surface area contributed by atoms with Crippen LogP contribution in [-0.2, 0) is 0 Å². The molecule has 0 aliphatic heterocycles. The van der Waals surface area contributed by atoms with E-state index < -0.39 is 6.10 Å². The molecular formula is C9H14O. The number of aliphatic hydroxyl groups excluding tert-OH is 1. The minimum atomic E-state index is -0.462. The molecular weight excluding hydrogens is 124 g/mol. The summed E-state index contributed by atoms with van der Waals surface area (Å²) in [5, 5.41) is 8.95. The van der Waals surface area contributed by atoms with Gasteiger partial charge in [0, 0.05) is 0 Å². The Morgan fingerprint density at radius 3 is 2.20 bits per heavy atom. The zero-order chi connectivity index (χ0) is 8.15. The van der Waals surface area contributed by atoms with Crippen molar-refractivity contribution < 1.29 is 5.11 Å². The van der Waals surface area contributed by atoms with Crippen LogP contribution in [0.3, 0.4) is 0 Å². The first-order valence-electron chi connectivity index (χ1n) is 3.24. The van der Waals surface area contributed by atoms with Crippen molar-refractivity contribution in [3.05, 3.63) is 36.5 Å². The van der Waals surface area contributed by atoms with Gasteiger partial charge in [0.15, 0.2) is 0 Å². The minimum absolute atomic E-state index is 0.462. The van der Waals surface area contributed by atoms with Gasteiger partial charge in [0.1, 0.15) is 0 Å². The molecule has 0 fully saturated rings. The van der Waals surface area contributed by atoms with Crippen molar-refractivity contribution in [1.82, 2.24) is 0 Å². The molecule has 0 aliphatic carbocycles. The molecule has 1 N–H and O–H groups in total. The van der Waals surface area contributed by atoms with Gasteiger partial charge in [-0.05, 0) is 19.4 Å². The molecule has 0 radical (unpaired) electrons. The maximum atomic E-state index is 8.95. The van der Waals surface area contributed by atoms with Crippen molar-refractivity contribution >= 4 is 0 Å². The van der Waals surface area contributed by atoms with Gasteiger partial charge >= 0.3 is 0 Å². The summed E-state index contributed by atoms with van der Waals surface area (Å²) >= 11 is 0. The molecule has 0 aromatic rings. The Labute approximate surface area is 62.4 Å². The lowest BCUT2D eigenvalue weighted by molar-refractivity contribution is 0.236. The molecule has 1 nitrogen and oxygen atoms in total. The monoisotopic (exact) mass is 138 g/mol. The number of hydrogen-bond acceptors (Lipinski definition) is 1. The van der Waals surface area contributed by atoms with Crippen LogP contribution in [-0.4, -0.2) is 11.2 Å². The van der Waals surface area contributed by atoms with Crippen LogP contribution in [0, 0.1) is 0 Å². The molecule has 0 heterocycles. The highest BCUT2D eigenvalue weighted by atomic mass is 16.3. The fourth-order valence-electron chi connectivity index (χ4n) is 0.389. The second-order valence-corrected chi connectivity index (χ2v) is 2.43. The van der Waals surface area contributed by atoms with E-state index in [9.17, 15) is 0 Å².